The monoisotopic (exact) mass is 169 g/mol. The molecule has 1 nitrogen and oxygen atoms in total. The molecule has 0 saturated heterocycles. The summed E-state index contributed by atoms with van der Waals surface area (Å²) >= 11 is 0. The maximum Gasteiger partial charge on any atom is 0.389 e. The first-order chi connectivity index (χ1) is 4.77. The van der Waals surface area contributed by atoms with Gasteiger partial charge in [0, 0.05) is 6.42 Å². The Bertz CT molecular complexity index is 117. The molecule has 0 aromatic heterocycles. The molecule has 0 rings (SSSR count). The summed E-state index contributed by atoms with van der Waals surface area (Å²) in [6.07, 6.45) is -5.25. The highest BCUT2D eigenvalue weighted by Gasteiger charge is 2.32. The van der Waals surface area contributed by atoms with Crippen molar-refractivity contribution in [1.82, 2.24) is 0 Å². The second-order valence-electron chi connectivity index (χ2n) is 2.92. The molecule has 1 unspecified atom stereocenters. The van der Waals surface area contributed by atoms with Crippen LogP contribution in [0.3, 0.4) is 0 Å². The summed E-state index contributed by atoms with van der Waals surface area (Å²) in [4.78, 5) is 0. The number of alkyl halides is 3. The van der Waals surface area contributed by atoms with Gasteiger partial charge >= 0.3 is 6.18 Å². The highest BCUT2D eigenvalue weighted by Crippen LogP contribution is 2.27. The van der Waals surface area contributed by atoms with Crippen molar-refractivity contribution >= 4 is 0 Å². The second kappa shape index (κ2) is 3.43. The van der Waals surface area contributed by atoms with Crippen molar-refractivity contribution in [1.29, 1.82) is 0 Å². The Morgan fingerprint density at radius 3 is 1.91 bits per heavy atom. The maximum absolute atomic E-state index is 11.6. The third kappa shape index (κ3) is 6.16. The average molecular weight is 169 g/mol. The molecule has 0 aromatic carbocycles. The summed E-state index contributed by atoms with van der Waals surface area (Å²) < 4.78 is 34.8. The summed E-state index contributed by atoms with van der Waals surface area (Å²) in [5, 5.41) is 11.0. The lowest BCUT2D eigenvalue weighted by molar-refractivity contribution is -0.151. The van der Waals surface area contributed by atoms with Crippen molar-refractivity contribution < 1.29 is 18.3 Å². The van der Waals surface area contributed by atoms with Gasteiger partial charge in [-0.2, -0.15) is 13.2 Å². The van der Waals surface area contributed by atoms with Gasteiger partial charge in [0.25, 0.3) is 0 Å². The molecule has 0 aromatic rings. The molecule has 4 heteroatoms. The van der Waals surface area contributed by atoms with Gasteiger partial charge in [-0.25, -0.2) is 5.11 Å². The minimum Gasteiger partial charge on any atom is -0.230 e. The largest absolute Gasteiger partial charge is 0.389 e. The van der Waals surface area contributed by atoms with Crippen LogP contribution in [0, 0.1) is 0 Å². The summed E-state index contributed by atoms with van der Waals surface area (Å²) in [5.41, 5.74) is -1.42. The first-order valence-corrected chi connectivity index (χ1v) is 3.54. The van der Waals surface area contributed by atoms with Gasteiger partial charge in [-0.15, -0.1) is 0 Å². The van der Waals surface area contributed by atoms with Gasteiger partial charge in [0.2, 0.25) is 0 Å². The fourth-order valence-electron chi connectivity index (χ4n) is 0.583. The number of hydrogen-bond donors (Lipinski definition) is 0. The van der Waals surface area contributed by atoms with Gasteiger partial charge in [0.15, 0.2) is 0 Å². The quantitative estimate of drug-likeness (QED) is 0.619. The molecule has 0 N–H and O–H groups in total. The van der Waals surface area contributed by atoms with Crippen LogP contribution in [0.4, 0.5) is 13.2 Å². The lowest BCUT2D eigenvalue weighted by atomic mass is 9.97. The van der Waals surface area contributed by atoms with Crippen LogP contribution in [0.5, 0.6) is 0 Å². The van der Waals surface area contributed by atoms with Crippen LogP contribution in [0.25, 0.3) is 0 Å². The summed E-state index contributed by atoms with van der Waals surface area (Å²) in [6, 6.07) is 0. The zero-order valence-corrected chi connectivity index (χ0v) is 6.66. The van der Waals surface area contributed by atoms with Crippen LogP contribution in [0.15, 0.2) is 0 Å². The highest BCUT2D eigenvalue weighted by atomic mass is 19.4. The minimum atomic E-state index is -4.19. The Morgan fingerprint density at radius 1 is 1.18 bits per heavy atom. The molecule has 0 aliphatic carbocycles. The molecule has 1 atom stereocenters. The minimum absolute atomic E-state index is 0.239. The van der Waals surface area contributed by atoms with E-state index >= 15 is 0 Å². The smallest absolute Gasteiger partial charge is 0.230 e. The van der Waals surface area contributed by atoms with Crippen LogP contribution < -0.4 is 0 Å². The molecule has 0 aliphatic heterocycles. The Kier molecular flexibility index (Phi) is 3.35. The van der Waals surface area contributed by atoms with Gasteiger partial charge in [-0.1, -0.05) is 6.92 Å². The lowest BCUT2D eigenvalue weighted by Crippen LogP contribution is -2.23. The fraction of sp³-hybridized carbons (Fsp3) is 1.00. The average Bonchev–Trinajstić information content (AvgIpc) is 1.83. The van der Waals surface area contributed by atoms with E-state index in [4.69, 9.17) is 0 Å². The molecule has 0 spiro atoms. The van der Waals surface area contributed by atoms with Crippen LogP contribution in [-0.2, 0) is 5.11 Å². The molecular formula is C7H12F3O. The molecule has 0 aliphatic rings. The number of hydrogen-bond acceptors (Lipinski definition) is 0. The standard InChI is InChI=1S/C7H12F3O/c1-3-6(2,11)4-5-7(8,9)10/h3-5H2,1-2H3. The van der Waals surface area contributed by atoms with Gasteiger partial charge in [0.1, 0.15) is 5.60 Å². The van der Waals surface area contributed by atoms with Crippen molar-refractivity contribution in [2.45, 2.75) is 44.9 Å². The van der Waals surface area contributed by atoms with Crippen molar-refractivity contribution in [3.8, 4) is 0 Å². The van der Waals surface area contributed by atoms with E-state index < -0.39 is 18.2 Å². The topological polar surface area (TPSA) is 19.9 Å². The van der Waals surface area contributed by atoms with Crippen molar-refractivity contribution in [2.24, 2.45) is 0 Å². The van der Waals surface area contributed by atoms with Crippen LogP contribution in [0.2, 0.25) is 0 Å². The van der Waals surface area contributed by atoms with E-state index in [9.17, 15) is 18.3 Å². The molecule has 0 bridgehead atoms. The number of rotatable bonds is 3. The lowest BCUT2D eigenvalue weighted by Gasteiger charge is -2.18. The highest BCUT2D eigenvalue weighted by molar-refractivity contribution is 4.71. The molecule has 0 fully saturated rings. The normalized spacial score (nSPS) is 18.0. The zero-order valence-electron chi connectivity index (χ0n) is 6.66. The molecule has 1 radical (unpaired) electrons. The SMILES string of the molecule is CCC(C)([O])CCC(F)(F)F. The Hall–Kier alpha value is -0.250. The maximum atomic E-state index is 11.6. The molecule has 67 valence electrons. The predicted molar refractivity (Wildman–Crippen MR) is 34.7 cm³/mol. The van der Waals surface area contributed by atoms with E-state index in [0.717, 1.165) is 0 Å². The van der Waals surface area contributed by atoms with E-state index in [1.807, 2.05) is 0 Å². The summed E-state index contributed by atoms with van der Waals surface area (Å²) in [7, 11) is 0. The van der Waals surface area contributed by atoms with Gasteiger partial charge in [-0.05, 0) is 19.8 Å². The van der Waals surface area contributed by atoms with Crippen molar-refractivity contribution in [2.75, 3.05) is 0 Å². The van der Waals surface area contributed by atoms with E-state index in [0.29, 0.717) is 0 Å². The Labute approximate surface area is 64.2 Å². The van der Waals surface area contributed by atoms with E-state index in [2.05, 4.69) is 0 Å². The Balaban J connectivity index is 3.70. The van der Waals surface area contributed by atoms with Crippen LogP contribution in [-0.4, -0.2) is 11.8 Å². The van der Waals surface area contributed by atoms with Crippen LogP contribution >= 0.6 is 0 Å². The van der Waals surface area contributed by atoms with Crippen molar-refractivity contribution in [3.63, 3.8) is 0 Å². The summed E-state index contributed by atoms with van der Waals surface area (Å²) in [5.74, 6) is 0. The number of halogens is 3. The Morgan fingerprint density at radius 2 is 1.64 bits per heavy atom. The van der Waals surface area contributed by atoms with Gasteiger partial charge in [0.05, 0.1) is 0 Å². The third-order valence-electron chi connectivity index (χ3n) is 1.69. The molecule has 11 heavy (non-hydrogen) atoms. The van der Waals surface area contributed by atoms with Crippen LogP contribution in [0.1, 0.15) is 33.1 Å². The van der Waals surface area contributed by atoms with E-state index in [-0.39, 0.29) is 12.8 Å². The van der Waals surface area contributed by atoms with Gasteiger partial charge in [-0.3, -0.25) is 0 Å². The summed E-state index contributed by atoms with van der Waals surface area (Å²) in [6.45, 7) is 2.90. The first kappa shape index (κ1) is 10.8. The molecule has 0 heterocycles. The fourth-order valence-corrected chi connectivity index (χ4v) is 0.583. The zero-order chi connectivity index (χ0) is 9.12. The third-order valence-corrected chi connectivity index (χ3v) is 1.69. The van der Waals surface area contributed by atoms with Gasteiger partial charge < -0.3 is 0 Å². The van der Waals surface area contributed by atoms with E-state index in [1.54, 1.807) is 6.92 Å². The molecule has 0 amide bonds. The van der Waals surface area contributed by atoms with Crippen molar-refractivity contribution in [3.05, 3.63) is 0 Å². The molecular weight excluding hydrogens is 157 g/mol. The first-order valence-electron chi connectivity index (χ1n) is 3.54. The second-order valence-corrected chi connectivity index (χ2v) is 2.92. The van der Waals surface area contributed by atoms with E-state index in [1.165, 1.54) is 6.92 Å². The predicted octanol–water partition coefficient (Wildman–Crippen LogP) is 2.93. The molecule has 0 saturated carbocycles.